The maximum Gasteiger partial charge on any atom is 0.307 e. The summed E-state index contributed by atoms with van der Waals surface area (Å²) in [5.41, 5.74) is 1.10. The number of esters is 1. The fraction of sp³-hybridized carbons (Fsp3) is 0.500. The molecule has 0 aliphatic carbocycles. The lowest BCUT2D eigenvalue weighted by Gasteiger charge is -2.22. The summed E-state index contributed by atoms with van der Waals surface area (Å²) in [4.78, 5) is 16.1. The molecule has 0 spiro atoms. The van der Waals surface area contributed by atoms with Gasteiger partial charge in [-0.25, -0.2) is 0 Å². The Morgan fingerprint density at radius 1 is 1.64 bits per heavy atom. The number of nitrogens with one attached hydrogen (secondary N) is 1. The molecule has 1 aromatic heterocycles. The lowest BCUT2D eigenvalue weighted by Crippen LogP contribution is -2.22. The molecule has 78 valence electrons. The van der Waals surface area contributed by atoms with Crippen LogP contribution in [0.2, 0.25) is 0 Å². The number of aromatic nitrogens is 1. The molecule has 0 saturated heterocycles. The van der Waals surface area contributed by atoms with Gasteiger partial charge in [-0.1, -0.05) is 0 Å². The predicted octanol–water partition coefficient (Wildman–Crippen LogP) is 1.18. The van der Waals surface area contributed by atoms with E-state index in [1.54, 1.807) is 0 Å². The Kier molecular flexibility index (Phi) is 3.71. The number of H-pyrrole nitrogens is 1. The van der Waals surface area contributed by atoms with Gasteiger partial charge in [0.05, 0.1) is 13.5 Å². The van der Waals surface area contributed by atoms with Crippen molar-refractivity contribution in [1.82, 2.24) is 9.88 Å². The molecule has 0 saturated carbocycles. The Balaban J connectivity index is 2.70. The van der Waals surface area contributed by atoms with Gasteiger partial charge in [0.1, 0.15) is 0 Å². The number of nitrogens with zero attached hydrogens (tertiary/aromatic N) is 1. The SMILES string of the molecule is COC(=O)CC(c1cc[nH]c1)N(C)C. The molecular formula is C10H16N2O2. The van der Waals surface area contributed by atoms with Crippen molar-refractivity contribution in [2.75, 3.05) is 21.2 Å². The summed E-state index contributed by atoms with van der Waals surface area (Å²) in [7, 11) is 5.30. The van der Waals surface area contributed by atoms with Crippen LogP contribution in [-0.4, -0.2) is 37.1 Å². The fourth-order valence-electron chi connectivity index (χ4n) is 1.38. The molecule has 14 heavy (non-hydrogen) atoms. The maximum atomic E-state index is 11.2. The van der Waals surface area contributed by atoms with Crippen LogP contribution in [0, 0.1) is 0 Å². The zero-order chi connectivity index (χ0) is 10.6. The summed E-state index contributed by atoms with van der Waals surface area (Å²) in [5, 5.41) is 0. The topological polar surface area (TPSA) is 45.3 Å². The van der Waals surface area contributed by atoms with Gasteiger partial charge in [-0.3, -0.25) is 4.79 Å². The number of hydrogen-bond acceptors (Lipinski definition) is 3. The van der Waals surface area contributed by atoms with E-state index in [9.17, 15) is 4.79 Å². The smallest absolute Gasteiger partial charge is 0.307 e. The maximum absolute atomic E-state index is 11.2. The Bertz CT molecular complexity index is 280. The van der Waals surface area contributed by atoms with Crippen molar-refractivity contribution >= 4 is 5.97 Å². The molecule has 0 amide bonds. The average Bonchev–Trinajstić information content (AvgIpc) is 2.65. The zero-order valence-electron chi connectivity index (χ0n) is 8.78. The number of methoxy groups -OCH3 is 1. The Labute approximate surface area is 83.9 Å². The van der Waals surface area contributed by atoms with Gasteiger partial charge in [0, 0.05) is 18.4 Å². The van der Waals surface area contributed by atoms with E-state index < -0.39 is 0 Å². The molecule has 1 aromatic rings. The third-order valence-electron chi connectivity index (χ3n) is 2.22. The molecule has 0 aromatic carbocycles. The van der Waals surface area contributed by atoms with E-state index in [2.05, 4.69) is 9.72 Å². The van der Waals surface area contributed by atoms with Crippen LogP contribution in [0.5, 0.6) is 0 Å². The van der Waals surface area contributed by atoms with E-state index in [0.717, 1.165) is 5.56 Å². The first-order valence-corrected chi connectivity index (χ1v) is 4.51. The van der Waals surface area contributed by atoms with Crippen molar-refractivity contribution in [3.05, 3.63) is 24.0 Å². The van der Waals surface area contributed by atoms with Crippen LogP contribution in [0.15, 0.2) is 18.5 Å². The highest BCUT2D eigenvalue weighted by molar-refractivity contribution is 5.70. The van der Waals surface area contributed by atoms with Crippen LogP contribution < -0.4 is 0 Å². The quantitative estimate of drug-likeness (QED) is 0.735. The van der Waals surface area contributed by atoms with Gasteiger partial charge in [-0.15, -0.1) is 0 Å². The van der Waals surface area contributed by atoms with Crippen molar-refractivity contribution in [2.24, 2.45) is 0 Å². The molecule has 0 bridgehead atoms. The molecule has 1 N–H and O–H groups in total. The van der Waals surface area contributed by atoms with E-state index in [0.29, 0.717) is 6.42 Å². The van der Waals surface area contributed by atoms with Crippen molar-refractivity contribution < 1.29 is 9.53 Å². The van der Waals surface area contributed by atoms with E-state index >= 15 is 0 Å². The lowest BCUT2D eigenvalue weighted by atomic mass is 10.1. The summed E-state index contributed by atoms with van der Waals surface area (Å²) in [6.07, 6.45) is 4.12. The zero-order valence-corrected chi connectivity index (χ0v) is 8.78. The highest BCUT2D eigenvalue weighted by Gasteiger charge is 2.18. The highest BCUT2D eigenvalue weighted by Crippen LogP contribution is 2.21. The van der Waals surface area contributed by atoms with E-state index in [1.807, 2.05) is 37.5 Å². The van der Waals surface area contributed by atoms with Crippen LogP contribution in [0.3, 0.4) is 0 Å². The van der Waals surface area contributed by atoms with Gasteiger partial charge < -0.3 is 14.6 Å². The van der Waals surface area contributed by atoms with E-state index in [-0.39, 0.29) is 12.0 Å². The molecule has 4 heteroatoms. The second-order valence-corrected chi connectivity index (χ2v) is 3.40. The van der Waals surface area contributed by atoms with Crippen molar-refractivity contribution in [3.8, 4) is 0 Å². The van der Waals surface area contributed by atoms with Crippen molar-refractivity contribution in [2.45, 2.75) is 12.5 Å². The minimum Gasteiger partial charge on any atom is -0.469 e. The second-order valence-electron chi connectivity index (χ2n) is 3.40. The Morgan fingerprint density at radius 2 is 2.36 bits per heavy atom. The van der Waals surface area contributed by atoms with Crippen LogP contribution in [0.25, 0.3) is 0 Å². The molecule has 0 radical (unpaired) electrons. The number of aromatic amines is 1. The van der Waals surface area contributed by atoms with Crippen molar-refractivity contribution in [1.29, 1.82) is 0 Å². The van der Waals surface area contributed by atoms with Gasteiger partial charge in [-0.2, -0.15) is 0 Å². The summed E-state index contributed by atoms with van der Waals surface area (Å²) in [5.74, 6) is -0.190. The van der Waals surface area contributed by atoms with Crippen molar-refractivity contribution in [3.63, 3.8) is 0 Å². The molecule has 1 unspecified atom stereocenters. The molecule has 1 rings (SSSR count). The third kappa shape index (κ3) is 2.60. The average molecular weight is 196 g/mol. The van der Waals surface area contributed by atoms with Gasteiger partial charge >= 0.3 is 5.97 Å². The molecule has 1 atom stereocenters. The normalized spacial score (nSPS) is 12.9. The van der Waals surface area contributed by atoms with Crippen LogP contribution in [-0.2, 0) is 9.53 Å². The Morgan fingerprint density at radius 3 is 2.79 bits per heavy atom. The van der Waals surface area contributed by atoms with Gasteiger partial charge in [-0.05, 0) is 25.7 Å². The number of hydrogen-bond donors (Lipinski definition) is 1. The predicted molar refractivity (Wildman–Crippen MR) is 53.9 cm³/mol. The lowest BCUT2D eigenvalue weighted by molar-refractivity contribution is -0.141. The summed E-state index contributed by atoms with van der Waals surface area (Å²) in [6, 6.07) is 2.04. The van der Waals surface area contributed by atoms with Gasteiger partial charge in [0.15, 0.2) is 0 Å². The van der Waals surface area contributed by atoms with Crippen LogP contribution >= 0.6 is 0 Å². The third-order valence-corrected chi connectivity index (χ3v) is 2.22. The first-order valence-electron chi connectivity index (χ1n) is 4.51. The highest BCUT2D eigenvalue weighted by atomic mass is 16.5. The molecule has 1 heterocycles. The van der Waals surface area contributed by atoms with Gasteiger partial charge in [0.2, 0.25) is 0 Å². The summed E-state index contributed by atoms with van der Waals surface area (Å²) in [6.45, 7) is 0. The Hall–Kier alpha value is -1.29. The van der Waals surface area contributed by atoms with E-state index in [1.165, 1.54) is 7.11 Å². The largest absolute Gasteiger partial charge is 0.469 e. The first kappa shape index (κ1) is 10.8. The number of ether oxygens (including phenoxy) is 1. The fourth-order valence-corrected chi connectivity index (χ4v) is 1.38. The standard InChI is InChI=1S/C10H16N2O2/c1-12(2)9(6-10(13)14-3)8-4-5-11-7-8/h4-5,7,9,11H,6H2,1-3H3. The minimum atomic E-state index is -0.190. The second kappa shape index (κ2) is 4.81. The first-order chi connectivity index (χ1) is 6.65. The molecule has 0 aliphatic heterocycles. The number of carbonyl (C=O) groups excluding carboxylic acids is 1. The molecule has 0 fully saturated rings. The molecule has 0 aliphatic rings. The van der Waals surface area contributed by atoms with Gasteiger partial charge in [0.25, 0.3) is 0 Å². The summed E-state index contributed by atoms with van der Waals surface area (Å²) < 4.78 is 4.65. The minimum absolute atomic E-state index is 0.0775. The summed E-state index contributed by atoms with van der Waals surface area (Å²) >= 11 is 0. The van der Waals surface area contributed by atoms with E-state index in [4.69, 9.17) is 0 Å². The molecular weight excluding hydrogens is 180 g/mol. The monoisotopic (exact) mass is 196 g/mol. The van der Waals surface area contributed by atoms with Crippen LogP contribution in [0.4, 0.5) is 0 Å². The van der Waals surface area contributed by atoms with Crippen LogP contribution in [0.1, 0.15) is 18.0 Å². The molecule has 4 nitrogen and oxygen atoms in total. The number of carbonyl (C=O) groups is 1. The number of rotatable bonds is 4.